The van der Waals surface area contributed by atoms with Gasteiger partial charge in [0.15, 0.2) is 0 Å². The van der Waals surface area contributed by atoms with Crippen molar-refractivity contribution in [3.63, 3.8) is 0 Å². The van der Waals surface area contributed by atoms with Crippen LogP contribution in [0.4, 0.5) is 4.39 Å². The van der Waals surface area contributed by atoms with Crippen LogP contribution in [0.15, 0.2) is 30.3 Å². The Balaban J connectivity index is 1.51. The molecule has 2 unspecified atom stereocenters. The van der Waals surface area contributed by atoms with Crippen molar-refractivity contribution in [2.24, 2.45) is 17.8 Å². The van der Waals surface area contributed by atoms with Gasteiger partial charge in [0, 0.05) is 6.04 Å². The van der Waals surface area contributed by atoms with Crippen molar-refractivity contribution in [1.82, 2.24) is 5.32 Å². The first kappa shape index (κ1) is 15.2. The van der Waals surface area contributed by atoms with Crippen LogP contribution in [0, 0.1) is 17.8 Å². The van der Waals surface area contributed by atoms with Crippen LogP contribution < -0.4 is 5.32 Å². The summed E-state index contributed by atoms with van der Waals surface area (Å²) in [6.45, 7) is 3.95. The molecule has 1 amide bonds. The molecule has 2 atom stereocenters. The van der Waals surface area contributed by atoms with Gasteiger partial charge in [-0.25, -0.2) is 4.39 Å². The van der Waals surface area contributed by atoms with E-state index in [9.17, 15) is 9.18 Å². The molecule has 0 saturated heterocycles. The molecule has 0 heterocycles. The smallest absolute Gasteiger partial charge is 0.230 e. The van der Waals surface area contributed by atoms with Crippen LogP contribution >= 0.6 is 0 Å². The lowest BCUT2D eigenvalue weighted by Crippen LogP contribution is -2.61. The molecule has 2 nitrogen and oxygen atoms in total. The molecular formula is C20H26FNO. The molecule has 4 fully saturated rings. The lowest BCUT2D eigenvalue weighted by atomic mass is 9.53. The number of nitrogens with one attached hydrogen (secondary N) is 1. The fraction of sp³-hybridized carbons (Fsp3) is 0.650. The highest BCUT2D eigenvalue weighted by molar-refractivity contribution is 5.87. The van der Waals surface area contributed by atoms with E-state index >= 15 is 0 Å². The van der Waals surface area contributed by atoms with Gasteiger partial charge < -0.3 is 5.32 Å². The zero-order chi connectivity index (χ0) is 16.2. The van der Waals surface area contributed by atoms with E-state index in [1.807, 2.05) is 44.2 Å². The third-order valence-electron chi connectivity index (χ3n) is 6.56. The first-order valence-corrected chi connectivity index (χ1v) is 8.93. The van der Waals surface area contributed by atoms with E-state index in [4.69, 9.17) is 0 Å². The lowest BCUT2D eigenvalue weighted by Gasteiger charge is -2.57. The van der Waals surface area contributed by atoms with Gasteiger partial charge in [-0.3, -0.25) is 4.79 Å². The predicted octanol–water partition coefficient (Wildman–Crippen LogP) is 4.00. The number of hydrogen-bond acceptors (Lipinski definition) is 1. The van der Waals surface area contributed by atoms with Gasteiger partial charge >= 0.3 is 0 Å². The van der Waals surface area contributed by atoms with Crippen molar-refractivity contribution in [2.45, 2.75) is 63.1 Å². The maximum Gasteiger partial charge on any atom is 0.230 e. The summed E-state index contributed by atoms with van der Waals surface area (Å²) in [6, 6.07) is 10.1. The molecule has 0 spiro atoms. The summed E-state index contributed by atoms with van der Waals surface area (Å²) in [4.78, 5) is 12.9. The number of halogens is 1. The summed E-state index contributed by atoms with van der Waals surface area (Å²) in [5, 5.41) is 3.31. The van der Waals surface area contributed by atoms with Crippen LogP contribution in [0.1, 0.15) is 51.5 Å². The Morgan fingerprint density at radius 1 is 1.13 bits per heavy atom. The topological polar surface area (TPSA) is 29.1 Å². The van der Waals surface area contributed by atoms with Crippen molar-refractivity contribution in [3.8, 4) is 0 Å². The molecule has 0 aliphatic heterocycles. The third-order valence-corrected chi connectivity index (χ3v) is 6.56. The molecule has 4 bridgehead atoms. The summed E-state index contributed by atoms with van der Waals surface area (Å²) < 4.78 is 14.8. The van der Waals surface area contributed by atoms with Gasteiger partial charge in [-0.1, -0.05) is 30.3 Å². The molecule has 23 heavy (non-hydrogen) atoms. The van der Waals surface area contributed by atoms with Crippen LogP contribution in [-0.2, 0) is 10.2 Å². The predicted molar refractivity (Wildman–Crippen MR) is 88.8 cm³/mol. The van der Waals surface area contributed by atoms with Crippen molar-refractivity contribution in [2.75, 3.05) is 0 Å². The van der Waals surface area contributed by atoms with Gasteiger partial charge in [-0.05, 0) is 69.3 Å². The summed E-state index contributed by atoms with van der Waals surface area (Å²) >= 11 is 0. The molecule has 3 heteroatoms. The average molecular weight is 315 g/mol. The Bertz CT molecular complexity index is 595. The van der Waals surface area contributed by atoms with Gasteiger partial charge in [0.1, 0.15) is 5.67 Å². The Kier molecular flexibility index (Phi) is 3.33. The fourth-order valence-corrected chi connectivity index (χ4v) is 5.48. The summed E-state index contributed by atoms with van der Waals surface area (Å²) in [6.07, 6.45) is 4.25. The van der Waals surface area contributed by atoms with E-state index < -0.39 is 11.1 Å². The van der Waals surface area contributed by atoms with E-state index in [0.29, 0.717) is 30.6 Å². The Labute approximate surface area is 137 Å². The van der Waals surface area contributed by atoms with E-state index in [1.165, 1.54) is 0 Å². The van der Waals surface area contributed by atoms with Gasteiger partial charge in [-0.2, -0.15) is 0 Å². The minimum Gasteiger partial charge on any atom is -0.352 e. The Morgan fingerprint density at radius 3 is 2.30 bits per heavy atom. The highest BCUT2D eigenvalue weighted by atomic mass is 19.1. The SMILES string of the molecule is CC(C)(C(=O)N[C@H]1C2CC3CC1C[C@](F)(C3)C2)c1ccccc1. The molecule has 4 saturated carbocycles. The standard InChI is InChI=1S/C20H26FNO/c1-19(2,16-6-4-3-5-7-16)18(23)22-17-14-8-13-9-15(17)12-20(21,10-13)11-14/h3-7,13-15,17H,8-12H2,1-2H3,(H,22,23)/t13?,14?,15?,17-,20-. The van der Waals surface area contributed by atoms with Crippen LogP contribution in [0.2, 0.25) is 0 Å². The molecule has 4 aliphatic carbocycles. The second-order valence-corrected chi connectivity index (χ2v) is 8.61. The van der Waals surface area contributed by atoms with Crippen molar-refractivity contribution in [3.05, 3.63) is 35.9 Å². The van der Waals surface area contributed by atoms with Crippen molar-refractivity contribution in [1.29, 1.82) is 0 Å². The van der Waals surface area contributed by atoms with E-state index in [2.05, 4.69) is 5.32 Å². The van der Waals surface area contributed by atoms with Gasteiger partial charge in [0.25, 0.3) is 0 Å². The zero-order valence-electron chi connectivity index (χ0n) is 14.0. The number of carbonyl (C=O) groups is 1. The van der Waals surface area contributed by atoms with Gasteiger partial charge in [-0.15, -0.1) is 0 Å². The molecule has 1 aromatic carbocycles. The molecule has 0 radical (unpaired) electrons. The molecule has 124 valence electrons. The molecular weight excluding hydrogens is 289 g/mol. The maximum atomic E-state index is 14.8. The minimum absolute atomic E-state index is 0.0779. The molecule has 4 aliphatic rings. The lowest BCUT2D eigenvalue weighted by molar-refractivity contribution is -0.134. The van der Waals surface area contributed by atoms with Crippen molar-refractivity contribution < 1.29 is 9.18 Å². The first-order chi connectivity index (χ1) is 10.9. The summed E-state index contributed by atoms with van der Waals surface area (Å²) in [5.74, 6) is 1.30. The fourth-order valence-electron chi connectivity index (χ4n) is 5.48. The van der Waals surface area contributed by atoms with Gasteiger partial charge in [0.2, 0.25) is 5.91 Å². The molecule has 5 rings (SSSR count). The number of carbonyl (C=O) groups excluding carboxylic acids is 1. The highest BCUT2D eigenvalue weighted by Gasteiger charge is 2.56. The second-order valence-electron chi connectivity index (χ2n) is 8.61. The van der Waals surface area contributed by atoms with Crippen LogP contribution in [-0.4, -0.2) is 17.6 Å². The van der Waals surface area contributed by atoms with E-state index in [0.717, 1.165) is 24.8 Å². The molecule has 1 aromatic rings. The number of benzene rings is 1. The van der Waals surface area contributed by atoms with Crippen molar-refractivity contribution >= 4 is 5.91 Å². The van der Waals surface area contributed by atoms with Crippen LogP contribution in [0.25, 0.3) is 0 Å². The maximum absolute atomic E-state index is 14.8. The number of hydrogen-bond donors (Lipinski definition) is 1. The normalized spacial score (nSPS) is 38.6. The first-order valence-electron chi connectivity index (χ1n) is 8.93. The Morgan fingerprint density at radius 2 is 1.74 bits per heavy atom. The molecule has 1 N–H and O–H groups in total. The number of amides is 1. The minimum atomic E-state index is -0.938. The van der Waals surface area contributed by atoms with E-state index in [1.54, 1.807) is 0 Å². The highest BCUT2D eigenvalue weighted by Crippen LogP contribution is 2.57. The largest absolute Gasteiger partial charge is 0.352 e. The summed E-state index contributed by atoms with van der Waals surface area (Å²) in [5.41, 5.74) is -0.459. The van der Waals surface area contributed by atoms with Gasteiger partial charge in [0.05, 0.1) is 5.41 Å². The monoisotopic (exact) mass is 315 g/mol. The quantitative estimate of drug-likeness (QED) is 0.897. The average Bonchev–Trinajstić information content (AvgIpc) is 2.50. The van der Waals surface area contributed by atoms with E-state index in [-0.39, 0.29) is 11.9 Å². The molecule has 0 aromatic heterocycles. The summed E-state index contributed by atoms with van der Waals surface area (Å²) in [7, 11) is 0. The van der Waals surface area contributed by atoms with Crippen LogP contribution in [0.5, 0.6) is 0 Å². The second kappa shape index (κ2) is 5.06. The number of alkyl halides is 1. The zero-order valence-corrected chi connectivity index (χ0v) is 14.0. The number of rotatable bonds is 3. The van der Waals surface area contributed by atoms with Crippen LogP contribution in [0.3, 0.4) is 0 Å². The Hall–Kier alpha value is -1.38. The third kappa shape index (κ3) is 2.49.